The average molecular weight is 403 g/mol. The number of aromatic nitrogens is 2. The van der Waals surface area contributed by atoms with E-state index in [2.05, 4.69) is 46.4 Å². The normalized spacial score (nSPS) is 14.4. The lowest BCUT2D eigenvalue weighted by Gasteiger charge is -2.27. The molecule has 0 aliphatic heterocycles. The van der Waals surface area contributed by atoms with Gasteiger partial charge in [0.15, 0.2) is 0 Å². The standard InChI is InChI=1S/C22H34N4OS/c1-7-25(8-2)11-12-26(13-14(3)4)22(27)19-15(5)18-16(6)23-20(17-9-10-17)24-21(18)28-19/h14,17H,7-13H2,1-6H3. The van der Waals surface area contributed by atoms with Gasteiger partial charge in [0, 0.05) is 30.9 Å². The maximum absolute atomic E-state index is 13.5. The monoisotopic (exact) mass is 402 g/mol. The predicted molar refractivity (Wildman–Crippen MR) is 117 cm³/mol. The molecule has 2 aromatic heterocycles. The van der Waals surface area contributed by atoms with Crippen LogP contribution in [-0.4, -0.2) is 58.4 Å². The number of fused-ring (bicyclic) bond motifs is 1. The summed E-state index contributed by atoms with van der Waals surface area (Å²) in [6.07, 6.45) is 2.38. The first-order valence-electron chi connectivity index (χ1n) is 10.6. The van der Waals surface area contributed by atoms with Gasteiger partial charge in [0.2, 0.25) is 0 Å². The van der Waals surface area contributed by atoms with Crippen LogP contribution < -0.4 is 0 Å². The van der Waals surface area contributed by atoms with Crippen molar-refractivity contribution in [3.63, 3.8) is 0 Å². The fourth-order valence-electron chi connectivity index (χ4n) is 3.75. The second-order valence-electron chi connectivity index (χ2n) is 8.35. The summed E-state index contributed by atoms with van der Waals surface area (Å²) in [5, 5.41) is 1.07. The second-order valence-corrected chi connectivity index (χ2v) is 9.35. The second kappa shape index (κ2) is 8.87. The molecule has 28 heavy (non-hydrogen) atoms. The van der Waals surface area contributed by atoms with E-state index >= 15 is 0 Å². The number of carbonyl (C=O) groups is 1. The highest BCUT2D eigenvalue weighted by molar-refractivity contribution is 7.20. The van der Waals surface area contributed by atoms with E-state index < -0.39 is 0 Å². The summed E-state index contributed by atoms with van der Waals surface area (Å²) in [4.78, 5) is 29.2. The van der Waals surface area contributed by atoms with Crippen LogP contribution in [0.1, 0.15) is 73.2 Å². The highest BCUT2D eigenvalue weighted by atomic mass is 32.1. The molecule has 0 bridgehead atoms. The van der Waals surface area contributed by atoms with E-state index in [0.717, 1.165) is 64.9 Å². The number of hydrogen-bond acceptors (Lipinski definition) is 5. The zero-order valence-corrected chi connectivity index (χ0v) is 19.0. The van der Waals surface area contributed by atoms with Crippen molar-refractivity contribution in [2.75, 3.05) is 32.7 Å². The molecule has 0 N–H and O–H groups in total. The van der Waals surface area contributed by atoms with Gasteiger partial charge in [0.1, 0.15) is 10.7 Å². The Bertz CT molecular complexity index is 837. The third-order valence-electron chi connectivity index (χ3n) is 5.58. The van der Waals surface area contributed by atoms with E-state index in [-0.39, 0.29) is 5.91 Å². The largest absolute Gasteiger partial charge is 0.336 e. The van der Waals surface area contributed by atoms with Gasteiger partial charge in [0.05, 0.1) is 10.6 Å². The van der Waals surface area contributed by atoms with E-state index in [1.165, 1.54) is 12.8 Å². The average Bonchev–Trinajstić information content (AvgIpc) is 3.44. The summed E-state index contributed by atoms with van der Waals surface area (Å²) >= 11 is 1.55. The van der Waals surface area contributed by atoms with Crippen LogP contribution in [0.25, 0.3) is 10.2 Å². The number of aryl methyl sites for hydroxylation is 2. The molecule has 1 saturated carbocycles. The molecule has 154 valence electrons. The molecule has 3 rings (SSSR count). The molecule has 0 spiro atoms. The van der Waals surface area contributed by atoms with Crippen molar-refractivity contribution in [1.29, 1.82) is 0 Å². The van der Waals surface area contributed by atoms with Crippen molar-refractivity contribution in [3.05, 3.63) is 22.0 Å². The molecule has 0 saturated heterocycles. The fourth-order valence-corrected chi connectivity index (χ4v) is 4.96. The van der Waals surface area contributed by atoms with Gasteiger partial charge < -0.3 is 9.80 Å². The van der Waals surface area contributed by atoms with E-state index in [9.17, 15) is 4.79 Å². The molecule has 0 unspecified atom stereocenters. The minimum Gasteiger partial charge on any atom is -0.336 e. The molecule has 1 amide bonds. The first kappa shape index (κ1) is 21.2. The van der Waals surface area contributed by atoms with E-state index in [1.807, 2.05) is 4.90 Å². The summed E-state index contributed by atoms with van der Waals surface area (Å²) in [7, 11) is 0. The summed E-state index contributed by atoms with van der Waals surface area (Å²) in [5.74, 6) is 2.08. The molecule has 2 heterocycles. The smallest absolute Gasteiger partial charge is 0.264 e. The molecule has 6 heteroatoms. The van der Waals surface area contributed by atoms with Crippen molar-refractivity contribution in [2.24, 2.45) is 5.92 Å². The van der Waals surface area contributed by atoms with E-state index in [1.54, 1.807) is 11.3 Å². The maximum atomic E-state index is 13.5. The number of thiophene rings is 1. The Balaban J connectivity index is 1.89. The van der Waals surface area contributed by atoms with Crippen molar-refractivity contribution >= 4 is 27.5 Å². The molecule has 1 aliphatic carbocycles. The van der Waals surface area contributed by atoms with Crippen LogP contribution in [0.2, 0.25) is 0 Å². The summed E-state index contributed by atoms with van der Waals surface area (Å²) < 4.78 is 0. The van der Waals surface area contributed by atoms with E-state index in [0.29, 0.717) is 11.8 Å². The topological polar surface area (TPSA) is 49.3 Å². The number of carbonyl (C=O) groups excluding carboxylic acids is 1. The molecule has 0 atom stereocenters. The van der Waals surface area contributed by atoms with Gasteiger partial charge in [-0.3, -0.25) is 4.79 Å². The molecule has 5 nitrogen and oxygen atoms in total. The zero-order valence-electron chi connectivity index (χ0n) is 18.2. The third kappa shape index (κ3) is 4.54. The maximum Gasteiger partial charge on any atom is 0.264 e. The minimum atomic E-state index is 0.147. The first-order chi connectivity index (χ1) is 13.3. The predicted octanol–water partition coefficient (Wildman–Crippen LogP) is 4.63. The Morgan fingerprint density at radius 2 is 1.82 bits per heavy atom. The molecular weight excluding hydrogens is 368 g/mol. The van der Waals surface area contributed by atoms with Gasteiger partial charge in [-0.2, -0.15) is 0 Å². The van der Waals surface area contributed by atoms with Gasteiger partial charge in [-0.1, -0.05) is 27.7 Å². The van der Waals surface area contributed by atoms with Crippen LogP contribution in [-0.2, 0) is 0 Å². The van der Waals surface area contributed by atoms with Gasteiger partial charge in [0.25, 0.3) is 5.91 Å². The lowest BCUT2D eigenvalue weighted by molar-refractivity contribution is 0.0721. The Hall–Kier alpha value is -1.53. The Kier molecular flexibility index (Phi) is 6.71. The van der Waals surface area contributed by atoms with Crippen LogP contribution in [0.3, 0.4) is 0 Å². The summed E-state index contributed by atoms with van der Waals surface area (Å²) in [5.41, 5.74) is 2.06. The zero-order chi connectivity index (χ0) is 20.4. The first-order valence-corrected chi connectivity index (χ1v) is 11.5. The summed E-state index contributed by atoms with van der Waals surface area (Å²) in [6, 6.07) is 0. The highest BCUT2D eigenvalue weighted by Gasteiger charge is 2.29. The van der Waals surface area contributed by atoms with Crippen LogP contribution in [0.15, 0.2) is 0 Å². The Morgan fingerprint density at radius 1 is 1.14 bits per heavy atom. The van der Waals surface area contributed by atoms with Crippen LogP contribution in [0.5, 0.6) is 0 Å². The van der Waals surface area contributed by atoms with Crippen LogP contribution in [0.4, 0.5) is 0 Å². The quantitative estimate of drug-likeness (QED) is 0.614. The fraction of sp³-hybridized carbons (Fsp3) is 0.682. The minimum absolute atomic E-state index is 0.147. The lowest BCUT2D eigenvalue weighted by Crippen LogP contribution is -2.40. The highest BCUT2D eigenvalue weighted by Crippen LogP contribution is 2.40. The van der Waals surface area contributed by atoms with E-state index in [4.69, 9.17) is 9.97 Å². The molecule has 2 aromatic rings. The lowest BCUT2D eigenvalue weighted by atomic mass is 10.1. The molecule has 1 fully saturated rings. The number of rotatable bonds is 9. The summed E-state index contributed by atoms with van der Waals surface area (Å²) in [6.45, 7) is 17.3. The molecule has 1 aliphatic rings. The molecule has 0 radical (unpaired) electrons. The number of likely N-dealkylation sites (N-methyl/N-ethyl adjacent to an activating group) is 1. The van der Waals surface area contributed by atoms with Crippen molar-refractivity contribution in [3.8, 4) is 0 Å². The van der Waals surface area contributed by atoms with Gasteiger partial charge in [-0.05, 0) is 51.3 Å². The number of amides is 1. The number of hydrogen-bond donors (Lipinski definition) is 0. The van der Waals surface area contributed by atoms with Gasteiger partial charge >= 0.3 is 0 Å². The number of nitrogens with zero attached hydrogens (tertiary/aromatic N) is 4. The SMILES string of the molecule is CCN(CC)CCN(CC(C)C)C(=O)c1sc2nc(C3CC3)nc(C)c2c1C. The van der Waals surface area contributed by atoms with Gasteiger partial charge in [-0.15, -0.1) is 11.3 Å². The molecular formula is C22H34N4OS. The van der Waals surface area contributed by atoms with Crippen molar-refractivity contribution in [1.82, 2.24) is 19.8 Å². The van der Waals surface area contributed by atoms with Gasteiger partial charge in [-0.25, -0.2) is 9.97 Å². The third-order valence-corrected chi connectivity index (χ3v) is 6.75. The van der Waals surface area contributed by atoms with Crippen molar-refractivity contribution < 1.29 is 4.79 Å². The van der Waals surface area contributed by atoms with Crippen LogP contribution in [0, 0.1) is 19.8 Å². The van der Waals surface area contributed by atoms with Crippen molar-refractivity contribution in [2.45, 2.75) is 60.3 Å². The Labute approximate surface area is 173 Å². The van der Waals surface area contributed by atoms with Crippen LogP contribution >= 0.6 is 11.3 Å². The Morgan fingerprint density at radius 3 is 2.39 bits per heavy atom. The molecule has 0 aromatic carbocycles.